The molecule has 0 fully saturated rings. The fourth-order valence-corrected chi connectivity index (χ4v) is 2.53. The highest BCUT2D eigenvalue weighted by Gasteiger charge is 2.14. The van der Waals surface area contributed by atoms with Crippen LogP contribution in [0.15, 0.2) is 30.6 Å². The summed E-state index contributed by atoms with van der Waals surface area (Å²) in [5, 5.41) is 4.17. The number of aryl methyl sites for hydroxylation is 2. The van der Waals surface area contributed by atoms with Gasteiger partial charge in [0.2, 0.25) is 0 Å². The van der Waals surface area contributed by atoms with Gasteiger partial charge in [-0.3, -0.25) is 4.68 Å². The Balaban J connectivity index is 1.65. The minimum atomic E-state index is 0.0751. The van der Waals surface area contributed by atoms with Crippen LogP contribution in [0.1, 0.15) is 29.2 Å². The Morgan fingerprint density at radius 2 is 2.37 bits per heavy atom. The van der Waals surface area contributed by atoms with Gasteiger partial charge in [-0.25, -0.2) is 0 Å². The molecule has 0 aliphatic carbocycles. The fraction of sp³-hybridized carbons (Fsp3) is 0.400. The third-order valence-electron chi connectivity index (χ3n) is 3.64. The third kappa shape index (κ3) is 2.63. The van der Waals surface area contributed by atoms with E-state index in [-0.39, 0.29) is 6.04 Å². The van der Waals surface area contributed by atoms with Crippen molar-refractivity contribution in [2.45, 2.75) is 25.3 Å². The molecule has 2 heterocycles. The second-order valence-electron chi connectivity index (χ2n) is 5.13. The maximum absolute atomic E-state index is 6.28. The van der Waals surface area contributed by atoms with Crippen LogP contribution >= 0.6 is 0 Å². The second kappa shape index (κ2) is 5.05. The summed E-state index contributed by atoms with van der Waals surface area (Å²) >= 11 is 0. The van der Waals surface area contributed by atoms with Gasteiger partial charge in [0.15, 0.2) is 0 Å². The summed E-state index contributed by atoms with van der Waals surface area (Å²) in [4.78, 5) is 0. The van der Waals surface area contributed by atoms with E-state index in [1.165, 1.54) is 16.7 Å². The van der Waals surface area contributed by atoms with Gasteiger partial charge in [-0.2, -0.15) is 5.10 Å². The number of rotatable bonds is 4. The van der Waals surface area contributed by atoms with E-state index in [4.69, 9.17) is 10.5 Å². The standard InChI is InChI=1S/C15H19N3O/c1-18-10-11(9-17-18)2-4-14(16)12-3-5-15-13(8-12)6-7-19-15/h3,5,8-10,14H,2,4,6-7,16H2,1H3. The fourth-order valence-electron chi connectivity index (χ4n) is 2.53. The van der Waals surface area contributed by atoms with Crippen LogP contribution in [0.25, 0.3) is 0 Å². The first-order chi connectivity index (χ1) is 9.22. The van der Waals surface area contributed by atoms with Crippen molar-refractivity contribution in [3.63, 3.8) is 0 Å². The van der Waals surface area contributed by atoms with Crippen molar-refractivity contribution in [1.82, 2.24) is 9.78 Å². The molecular weight excluding hydrogens is 238 g/mol. The molecule has 1 aromatic heterocycles. The maximum Gasteiger partial charge on any atom is 0.122 e. The summed E-state index contributed by atoms with van der Waals surface area (Å²) in [7, 11) is 1.93. The van der Waals surface area contributed by atoms with E-state index >= 15 is 0 Å². The van der Waals surface area contributed by atoms with Crippen molar-refractivity contribution < 1.29 is 4.74 Å². The zero-order valence-electron chi connectivity index (χ0n) is 11.2. The average Bonchev–Trinajstić information content (AvgIpc) is 3.03. The molecule has 0 amide bonds. The van der Waals surface area contributed by atoms with Gasteiger partial charge in [0.1, 0.15) is 5.75 Å². The highest BCUT2D eigenvalue weighted by Crippen LogP contribution is 2.28. The lowest BCUT2D eigenvalue weighted by Crippen LogP contribution is -2.11. The van der Waals surface area contributed by atoms with E-state index in [0.29, 0.717) is 0 Å². The molecule has 0 saturated heterocycles. The second-order valence-corrected chi connectivity index (χ2v) is 5.13. The summed E-state index contributed by atoms with van der Waals surface area (Å²) in [6.45, 7) is 0.795. The van der Waals surface area contributed by atoms with Gasteiger partial charge in [-0.05, 0) is 35.6 Å². The summed E-state index contributed by atoms with van der Waals surface area (Å²) in [6.07, 6.45) is 6.85. The molecule has 100 valence electrons. The molecule has 0 bridgehead atoms. The maximum atomic E-state index is 6.28. The first-order valence-corrected chi connectivity index (χ1v) is 6.71. The molecule has 0 radical (unpaired) electrons. The molecule has 1 unspecified atom stereocenters. The molecule has 3 rings (SSSR count). The molecule has 2 N–H and O–H groups in total. The van der Waals surface area contributed by atoms with Crippen molar-refractivity contribution >= 4 is 0 Å². The topological polar surface area (TPSA) is 53.1 Å². The van der Waals surface area contributed by atoms with E-state index < -0.39 is 0 Å². The van der Waals surface area contributed by atoms with Gasteiger partial charge >= 0.3 is 0 Å². The number of fused-ring (bicyclic) bond motifs is 1. The molecule has 19 heavy (non-hydrogen) atoms. The number of hydrogen-bond acceptors (Lipinski definition) is 3. The van der Waals surface area contributed by atoms with E-state index in [0.717, 1.165) is 31.6 Å². The third-order valence-corrected chi connectivity index (χ3v) is 3.64. The summed E-state index contributed by atoms with van der Waals surface area (Å²) < 4.78 is 7.34. The first kappa shape index (κ1) is 12.2. The Morgan fingerprint density at radius 3 is 3.16 bits per heavy atom. The number of nitrogens with zero attached hydrogens (tertiary/aromatic N) is 2. The summed E-state index contributed by atoms with van der Waals surface area (Å²) in [6, 6.07) is 6.39. The van der Waals surface area contributed by atoms with Crippen LogP contribution in [0, 0.1) is 0 Å². The molecule has 4 nitrogen and oxygen atoms in total. The van der Waals surface area contributed by atoms with Crippen LogP contribution in [0.5, 0.6) is 5.75 Å². The van der Waals surface area contributed by atoms with Crippen molar-refractivity contribution in [2.75, 3.05) is 6.61 Å². The molecule has 1 atom stereocenters. The van der Waals surface area contributed by atoms with Crippen LogP contribution in [-0.2, 0) is 19.9 Å². The lowest BCUT2D eigenvalue weighted by Gasteiger charge is -2.12. The molecule has 2 aromatic rings. The van der Waals surface area contributed by atoms with Crippen molar-refractivity contribution in [3.8, 4) is 5.75 Å². The highest BCUT2D eigenvalue weighted by atomic mass is 16.5. The smallest absolute Gasteiger partial charge is 0.122 e. The highest BCUT2D eigenvalue weighted by molar-refractivity contribution is 5.40. The van der Waals surface area contributed by atoms with Crippen LogP contribution < -0.4 is 10.5 Å². The van der Waals surface area contributed by atoms with Crippen molar-refractivity contribution in [2.24, 2.45) is 12.8 Å². The number of aromatic nitrogens is 2. The lowest BCUT2D eigenvalue weighted by atomic mass is 9.98. The SMILES string of the molecule is Cn1cc(CCC(N)c2ccc3c(c2)CCO3)cn1. The Hall–Kier alpha value is -1.81. The minimum absolute atomic E-state index is 0.0751. The predicted molar refractivity (Wildman–Crippen MR) is 74.1 cm³/mol. The van der Waals surface area contributed by atoms with Gasteiger partial charge in [0.05, 0.1) is 12.8 Å². The number of hydrogen-bond donors (Lipinski definition) is 1. The molecule has 1 aliphatic rings. The van der Waals surface area contributed by atoms with E-state index in [2.05, 4.69) is 17.2 Å². The molecule has 4 heteroatoms. The van der Waals surface area contributed by atoms with E-state index in [9.17, 15) is 0 Å². The van der Waals surface area contributed by atoms with Gasteiger partial charge in [0, 0.05) is 25.7 Å². The van der Waals surface area contributed by atoms with Crippen LogP contribution in [0.3, 0.4) is 0 Å². The largest absolute Gasteiger partial charge is 0.493 e. The first-order valence-electron chi connectivity index (χ1n) is 6.71. The van der Waals surface area contributed by atoms with Crippen molar-refractivity contribution in [1.29, 1.82) is 0 Å². The molecule has 1 aliphatic heterocycles. The molecule has 0 spiro atoms. The summed E-state index contributed by atoms with van der Waals surface area (Å²) in [5.41, 5.74) is 10.0. The van der Waals surface area contributed by atoms with Crippen LogP contribution in [-0.4, -0.2) is 16.4 Å². The van der Waals surface area contributed by atoms with Crippen LogP contribution in [0.4, 0.5) is 0 Å². The zero-order valence-corrected chi connectivity index (χ0v) is 11.2. The normalized spacial score (nSPS) is 15.1. The minimum Gasteiger partial charge on any atom is -0.493 e. The van der Waals surface area contributed by atoms with Crippen molar-refractivity contribution in [3.05, 3.63) is 47.3 Å². The number of benzene rings is 1. The molecular formula is C15H19N3O. The van der Waals surface area contributed by atoms with E-state index in [1.54, 1.807) is 0 Å². The van der Waals surface area contributed by atoms with Gasteiger partial charge in [0.25, 0.3) is 0 Å². The van der Waals surface area contributed by atoms with Gasteiger partial charge in [-0.1, -0.05) is 12.1 Å². The predicted octanol–water partition coefficient (Wildman–Crippen LogP) is 1.99. The molecule has 0 saturated carbocycles. The molecule has 1 aromatic carbocycles. The Bertz CT molecular complexity index is 577. The Labute approximate surface area is 113 Å². The Kier molecular flexibility index (Phi) is 3.25. The van der Waals surface area contributed by atoms with Crippen LogP contribution in [0.2, 0.25) is 0 Å². The Morgan fingerprint density at radius 1 is 1.47 bits per heavy atom. The van der Waals surface area contributed by atoms with Gasteiger partial charge < -0.3 is 10.5 Å². The zero-order chi connectivity index (χ0) is 13.2. The summed E-state index contributed by atoms with van der Waals surface area (Å²) in [5.74, 6) is 1.02. The van der Waals surface area contributed by atoms with E-state index in [1.807, 2.05) is 30.2 Å². The average molecular weight is 257 g/mol. The monoisotopic (exact) mass is 257 g/mol. The number of ether oxygens (including phenoxy) is 1. The number of nitrogens with two attached hydrogens (primary N) is 1. The van der Waals surface area contributed by atoms with Gasteiger partial charge in [-0.15, -0.1) is 0 Å². The quantitative estimate of drug-likeness (QED) is 0.911. The lowest BCUT2D eigenvalue weighted by molar-refractivity contribution is 0.357.